The Labute approximate surface area is 104 Å². The molecule has 0 fully saturated rings. The number of halogens is 2. The molecule has 6 heteroatoms. The number of carbonyl (C=O) groups is 1. The highest BCUT2D eigenvalue weighted by Gasteiger charge is 2.07. The van der Waals surface area contributed by atoms with Crippen LogP contribution in [0.25, 0.3) is 0 Å². The minimum atomic E-state index is -0.0810. The Hall–Kier alpha value is -0.290. The number of thiophene rings is 1. The van der Waals surface area contributed by atoms with Crippen LogP contribution < -0.4 is 11.1 Å². The van der Waals surface area contributed by atoms with Gasteiger partial charge in [-0.3, -0.25) is 4.79 Å². The van der Waals surface area contributed by atoms with Gasteiger partial charge < -0.3 is 11.1 Å². The zero-order valence-electron chi connectivity index (χ0n) is 8.33. The maximum Gasteiger partial charge on any atom is 0.261 e. The van der Waals surface area contributed by atoms with Crippen molar-refractivity contribution in [3.05, 3.63) is 21.3 Å². The molecule has 1 atom stereocenters. The van der Waals surface area contributed by atoms with E-state index in [9.17, 15) is 4.79 Å². The first-order valence-corrected chi connectivity index (χ1v) is 5.58. The molecular weight excluding hydrogens is 255 g/mol. The summed E-state index contributed by atoms with van der Waals surface area (Å²) in [6.07, 6.45) is 0.783. The molecule has 1 heterocycles. The van der Waals surface area contributed by atoms with E-state index in [-0.39, 0.29) is 24.4 Å². The van der Waals surface area contributed by atoms with Crippen molar-refractivity contribution in [1.82, 2.24) is 5.32 Å². The first-order chi connectivity index (χ1) is 6.59. The second-order valence-corrected chi connectivity index (χ2v) is 4.84. The maximum atomic E-state index is 11.4. The Balaban J connectivity index is 0.00000196. The summed E-state index contributed by atoms with van der Waals surface area (Å²) in [5.74, 6) is -0.0810. The first-order valence-electron chi connectivity index (χ1n) is 4.38. The molecule has 0 bridgehead atoms. The first kappa shape index (κ1) is 14.7. The average molecular weight is 269 g/mol. The van der Waals surface area contributed by atoms with Crippen LogP contribution in [0.3, 0.4) is 0 Å². The largest absolute Gasteiger partial charge is 0.351 e. The number of rotatable bonds is 4. The molecule has 0 saturated carbocycles. The molecule has 15 heavy (non-hydrogen) atoms. The maximum absolute atomic E-state index is 11.4. The number of carbonyl (C=O) groups excluding carboxylic acids is 1. The van der Waals surface area contributed by atoms with Gasteiger partial charge in [-0.05, 0) is 25.5 Å². The standard InChI is InChI=1S/C9H13ClN2OS.ClH/c1-6(11)4-5-12-9(13)7-2-3-8(10)14-7;/h2-3,6H,4-5,11H2,1H3,(H,12,13);1H. The van der Waals surface area contributed by atoms with E-state index in [1.165, 1.54) is 11.3 Å². The van der Waals surface area contributed by atoms with Crippen LogP contribution in [0, 0.1) is 0 Å². The second-order valence-electron chi connectivity index (χ2n) is 3.13. The summed E-state index contributed by atoms with van der Waals surface area (Å²) in [6, 6.07) is 3.54. The van der Waals surface area contributed by atoms with E-state index in [2.05, 4.69) is 5.32 Å². The molecule has 0 spiro atoms. The van der Waals surface area contributed by atoms with Gasteiger partial charge in [0.25, 0.3) is 5.91 Å². The third kappa shape index (κ3) is 5.37. The summed E-state index contributed by atoms with van der Waals surface area (Å²) < 4.78 is 0.627. The highest BCUT2D eigenvalue weighted by molar-refractivity contribution is 7.17. The van der Waals surface area contributed by atoms with E-state index in [0.29, 0.717) is 15.8 Å². The van der Waals surface area contributed by atoms with Crippen molar-refractivity contribution in [1.29, 1.82) is 0 Å². The summed E-state index contributed by atoms with van der Waals surface area (Å²) in [5, 5.41) is 2.78. The van der Waals surface area contributed by atoms with Gasteiger partial charge in [0, 0.05) is 12.6 Å². The van der Waals surface area contributed by atoms with Crippen LogP contribution >= 0.6 is 35.3 Å². The molecule has 86 valence electrons. The average Bonchev–Trinajstić information content (AvgIpc) is 2.51. The van der Waals surface area contributed by atoms with Crippen molar-refractivity contribution in [2.45, 2.75) is 19.4 Å². The fourth-order valence-electron chi connectivity index (χ4n) is 0.937. The molecule has 1 rings (SSSR count). The van der Waals surface area contributed by atoms with Crippen LogP contribution in [0.4, 0.5) is 0 Å². The molecular formula is C9H14Cl2N2OS. The number of amides is 1. The van der Waals surface area contributed by atoms with Crippen molar-refractivity contribution in [2.24, 2.45) is 5.73 Å². The minimum absolute atomic E-state index is 0. The van der Waals surface area contributed by atoms with Gasteiger partial charge in [-0.2, -0.15) is 0 Å². The number of hydrogen-bond acceptors (Lipinski definition) is 3. The van der Waals surface area contributed by atoms with Gasteiger partial charge in [0.15, 0.2) is 0 Å². The molecule has 1 aromatic rings. The number of hydrogen-bond donors (Lipinski definition) is 2. The third-order valence-electron chi connectivity index (χ3n) is 1.68. The zero-order valence-corrected chi connectivity index (χ0v) is 10.7. The van der Waals surface area contributed by atoms with E-state index in [1.54, 1.807) is 12.1 Å². The fourth-order valence-corrected chi connectivity index (χ4v) is 1.90. The lowest BCUT2D eigenvalue weighted by atomic mass is 10.2. The lowest BCUT2D eigenvalue weighted by Crippen LogP contribution is -2.28. The van der Waals surface area contributed by atoms with E-state index in [0.717, 1.165) is 6.42 Å². The predicted molar refractivity (Wildman–Crippen MR) is 67.2 cm³/mol. The van der Waals surface area contributed by atoms with Gasteiger partial charge in [-0.1, -0.05) is 11.6 Å². The summed E-state index contributed by atoms with van der Waals surface area (Å²) >= 11 is 6.98. The van der Waals surface area contributed by atoms with Crippen molar-refractivity contribution >= 4 is 41.3 Å². The molecule has 0 aliphatic rings. The van der Waals surface area contributed by atoms with Crippen molar-refractivity contribution in [3.63, 3.8) is 0 Å². The Kier molecular flexibility index (Phi) is 6.92. The zero-order chi connectivity index (χ0) is 10.6. The van der Waals surface area contributed by atoms with E-state index >= 15 is 0 Å². The summed E-state index contributed by atoms with van der Waals surface area (Å²) in [7, 11) is 0. The lowest BCUT2D eigenvalue weighted by Gasteiger charge is -2.05. The van der Waals surface area contributed by atoms with Crippen LogP contribution in [0.15, 0.2) is 12.1 Å². The van der Waals surface area contributed by atoms with Gasteiger partial charge in [0.05, 0.1) is 9.21 Å². The normalized spacial score (nSPS) is 11.7. The molecule has 0 radical (unpaired) electrons. The molecule has 3 nitrogen and oxygen atoms in total. The minimum Gasteiger partial charge on any atom is -0.351 e. The van der Waals surface area contributed by atoms with Gasteiger partial charge in [-0.15, -0.1) is 23.7 Å². The van der Waals surface area contributed by atoms with Gasteiger partial charge in [-0.25, -0.2) is 0 Å². The monoisotopic (exact) mass is 268 g/mol. The predicted octanol–water partition coefficient (Wildman–Crippen LogP) is 2.29. The molecule has 0 saturated heterocycles. The molecule has 0 aromatic carbocycles. The third-order valence-corrected chi connectivity index (χ3v) is 2.91. The molecule has 1 unspecified atom stereocenters. The van der Waals surface area contributed by atoms with Crippen LogP contribution in [0.1, 0.15) is 23.0 Å². The van der Waals surface area contributed by atoms with Gasteiger partial charge in [0.1, 0.15) is 0 Å². The fraction of sp³-hybridized carbons (Fsp3) is 0.444. The SMILES string of the molecule is CC(N)CCNC(=O)c1ccc(Cl)s1.Cl. The van der Waals surface area contributed by atoms with Gasteiger partial charge >= 0.3 is 0 Å². The Morgan fingerprint density at radius 1 is 1.67 bits per heavy atom. The quantitative estimate of drug-likeness (QED) is 0.881. The highest BCUT2D eigenvalue weighted by Crippen LogP contribution is 2.20. The van der Waals surface area contributed by atoms with Crippen LogP contribution in [-0.4, -0.2) is 18.5 Å². The van der Waals surface area contributed by atoms with Crippen LogP contribution in [0.5, 0.6) is 0 Å². The summed E-state index contributed by atoms with van der Waals surface area (Å²) in [4.78, 5) is 12.1. The molecule has 3 N–H and O–H groups in total. The van der Waals surface area contributed by atoms with Crippen LogP contribution in [-0.2, 0) is 0 Å². The van der Waals surface area contributed by atoms with Crippen molar-refractivity contribution in [2.75, 3.05) is 6.54 Å². The highest BCUT2D eigenvalue weighted by atomic mass is 35.5. The summed E-state index contributed by atoms with van der Waals surface area (Å²) in [6.45, 7) is 2.51. The number of nitrogens with one attached hydrogen (secondary N) is 1. The van der Waals surface area contributed by atoms with Gasteiger partial charge in [0.2, 0.25) is 0 Å². The van der Waals surface area contributed by atoms with Crippen molar-refractivity contribution in [3.8, 4) is 0 Å². The molecule has 1 aromatic heterocycles. The molecule has 1 amide bonds. The topological polar surface area (TPSA) is 55.1 Å². The van der Waals surface area contributed by atoms with Crippen LogP contribution in [0.2, 0.25) is 4.34 Å². The van der Waals surface area contributed by atoms with E-state index in [1.807, 2.05) is 6.92 Å². The molecule has 0 aliphatic carbocycles. The number of nitrogens with two attached hydrogens (primary N) is 1. The molecule has 0 aliphatic heterocycles. The Bertz CT molecular complexity index is 315. The van der Waals surface area contributed by atoms with E-state index in [4.69, 9.17) is 17.3 Å². The Morgan fingerprint density at radius 2 is 2.33 bits per heavy atom. The second kappa shape index (κ2) is 7.06. The Morgan fingerprint density at radius 3 is 2.80 bits per heavy atom. The smallest absolute Gasteiger partial charge is 0.261 e. The van der Waals surface area contributed by atoms with Crippen molar-refractivity contribution < 1.29 is 4.79 Å². The van der Waals surface area contributed by atoms with E-state index < -0.39 is 0 Å². The summed E-state index contributed by atoms with van der Waals surface area (Å²) in [5.41, 5.74) is 5.55. The lowest BCUT2D eigenvalue weighted by molar-refractivity contribution is 0.0957.